The predicted molar refractivity (Wildman–Crippen MR) is 131 cm³/mol. The van der Waals surface area contributed by atoms with Crippen LogP contribution in [0.15, 0.2) is 47.8 Å². The molecule has 2 atom stereocenters. The van der Waals surface area contributed by atoms with E-state index in [2.05, 4.69) is 18.0 Å². The largest absolute Gasteiger partial charge is 0.489 e. The average molecular weight is 486 g/mol. The molecule has 0 radical (unpaired) electrons. The van der Waals surface area contributed by atoms with Crippen molar-refractivity contribution in [1.82, 2.24) is 5.32 Å². The lowest BCUT2D eigenvalue weighted by molar-refractivity contribution is -0.147. The number of thiophene rings is 1. The van der Waals surface area contributed by atoms with Crippen molar-refractivity contribution in [3.63, 3.8) is 0 Å². The molecule has 174 valence electrons. The van der Waals surface area contributed by atoms with Crippen molar-refractivity contribution in [2.75, 3.05) is 6.61 Å². The zero-order valence-corrected chi connectivity index (χ0v) is 20.7. The minimum absolute atomic E-state index is 0.0937. The molecule has 2 aliphatic rings. The monoisotopic (exact) mass is 485 g/mol. The van der Waals surface area contributed by atoms with Crippen LogP contribution in [0, 0.1) is 19.8 Å². The molecule has 2 unspecified atom stereocenters. The summed E-state index contributed by atoms with van der Waals surface area (Å²) in [6.45, 7) is 10.6. The third kappa shape index (κ3) is 4.73. The predicted octanol–water partition coefficient (Wildman–Crippen LogP) is 5.98. The van der Waals surface area contributed by atoms with E-state index in [1.54, 1.807) is 18.3 Å². The van der Waals surface area contributed by atoms with Gasteiger partial charge < -0.3 is 14.8 Å². The normalized spacial score (nSPS) is 20.4. The van der Waals surface area contributed by atoms with Crippen molar-refractivity contribution < 1.29 is 19.1 Å². The summed E-state index contributed by atoms with van der Waals surface area (Å²) in [5.74, 6) is -0.521. The molecule has 0 amide bonds. The smallest absolute Gasteiger partial charge is 0.315 e. The number of carbonyl (C=O) groups is 2. The number of aryl methyl sites for hydroxylation is 2. The summed E-state index contributed by atoms with van der Waals surface area (Å²) in [6.07, 6.45) is 2.08. The highest BCUT2D eigenvalue weighted by atomic mass is 35.5. The number of allylic oxidation sites excluding steroid dienone is 2. The van der Waals surface area contributed by atoms with E-state index in [0.717, 1.165) is 45.2 Å². The fourth-order valence-corrected chi connectivity index (χ4v) is 5.99. The molecule has 1 aromatic carbocycles. The molecule has 1 aromatic heterocycles. The zero-order chi connectivity index (χ0) is 23.7. The van der Waals surface area contributed by atoms with Gasteiger partial charge in [-0.2, -0.15) is 0 Å². The van der Waals surface area contributed by atoms with Gasteiger partial charge in [-0.25, -0.2) is 0 Å². The second kappa shape index (κ2) is 9.74. The first-order valence-electron chi connectivity index (χ1n) is 11.2. The molecule has 1 aliphatic heterocycles. The van der Waals surface area contributed by atoms with E-state index in [-0.39, 0.29) is 18.4 Å². The van der Waals surface area contributed by atoms with E-state index >= 15 is 0 Å². The molecule has 7 heteroatoms. The van der Waals surface area contributed by atoms with Crippen LogP contribution in [0.25, 0.3) is 0 Å². The van der Waals surface area contributed by atoms with Crippen LogP contribution in [-0.2, 0) is 20.9 Å². The van der Waals surface area contributed by atoms with Gasteiger partial charge in [-0.1, -0.05) is 18.2 Å². The summed E-state index contributed by atoms with van der Waals surface area (Å²) in [4.78, 5) is 28.0. The Morgan fingerprint density at radius 3 is 2.79 bits per heavy atom. The molecule has 0 bridgehead atoms. The maximum absolute atomic E-state index is 13.0. The van der Waals surface area contributed by atoms with Gasteiger partial charge in [0.1, 0.15) is 18.3 Å². The highest BCUT2D eigenvalue weighted by Gasteiger charge is 2.44. The number of esters is 1. The van der Waals surface area contributed by atoms with Crippen molar-refractivity contribution in [2.24, 2.45) is 5.92 Å². The molecule has 0 fully saturated rings. The lowest BCUT2D eigenvalue weighted by Crippen LogP contribution is -2.40. The number of nitrogens with one attached hydrogen (secondary N) is 1. The van der Waals surface area contributed by atoms with Crippen LogP contribution in [0.5, 0.6) is 5.75 Å². The number of carbonyl (C=O) groups excluding carboxylic acids is 2. The van der Waals surface area contributed by atoms with Crippen LogP contribution in [0.2, 0.25) is 5.02 Å². The van der Waals surface area contributed by atoms with E-state index in [9.17, 15) is 9.59 Å². The van der Waals surface area contributed by atoms with Crippen molar-refractivity contribution in [3.8, 4) is 5.75 Å². The highest BCUT2D eigenvalue weighted by Crippen LogP contribution is 2.47. The first-order chi connectivity index (χ1) is 15.8. The minimum atomic E-state index is -0.643. The number of rotatable bonds is 6. The Kier molecular flexibility index (Phi) is 6.96. The van der Waals surface area contributed by atoms with Crippen LogP contribution >= 0.6 is 22.9 Å². The maximum Gasteiger partial charge on any atom is 0.315 e. The van der Waals surface area contributed by atoms with Crippen molar-refractivity contribution in [1.29, 1.82) is 0 Å². The Morgan fingerprint density at radius 1 is 1.27 bits per heavy atom. The number of ether oxygens (including phenoxy) is 2. The minimum Gasteiger partial charge on any atom is -0.489 e. The second-order valence-corrected chi connectivity index (χ2v) is 10.2. The highest BCUT2D eigenvalue weighted by molar-refractivity contribution is 7.12. The molecular weight excluding hydrogens is 458 g/mol. The lowest BCUT2D eigenvalue weighted by Gasteiger charge is -2.37. The molecule has 33 heavy (non-hydrogen) atoms. The van der Waals surface area contributed by atoms with Gasteiger partial charge in [-0.15, -0.1) is 11.3 Å². The number of halogens is 1. The van der Waals surface area contributed by atoms with Gasteiger partial charge in [0.15, 0.2) is 5.78 Å². The summed E-state index contributed by atoms with van der Waals surface area (Å²) in [5, 5.41) is 3.92. The Balaban J connectivity index is 1.69. The van der Waals surface area contributed by atoms with Crippen LogP contribution in [0.3, 0.4) is 0 Å². The molecule has 0 saturated carbocycles. The second-order valence-electron chi connectivity index (χ2n) is 8.46. The summed E-state index contributed by atoms with van der Waals surface area (Å²) in [6, 6.07) is 7.61. The van der Waals surface area contributed by atoms with Gasteiger partial charge >= 0.3 is 5.97 Å². The number of benzene rings is 1. The van der Waals surface area contributed by atoms with E-state index in [1.807, 2.05) is 32.0 Å². The van der Waals surface area contributed by atoms with Gasteiger partial charge in [0.05, 0.1) is 6.61 Å². The first-order valence-corrected chi connectivity index (χ1v) is 12.4. The number of ketones is 1. The van der Waals surface area contributed by atoms with Crippen molar-refractivity contribution >= 4 is 34.7 Å². The van der Waals surface area contributed by atoms with Crippen molar-refractivity contribution in [2.45, 2.75) is 52.6 Å². The molecule has 2 heterocycles. The SMILES string of the molecule is C=C1NC2=C(C(=O)CCC2)C(c2cc(COc3ccc(Cl)cc3C)c(C)s2)C1C(=O)OCC. The number of hydrogen-bond donors (Lipinski definition) is 1. The van der Waals surface area contributed by atoms with Gasteiger partial charge in [0, 0.05) is 49.6 Å². The maximum atomic E-state index is 13.0. The van der Waals surface area contributed by atoms with E-state index in [4.69, 9.17) is 21.1 Å². The molecule has 5 nitrogen and oxygen atoms in total. The molecule has 1 N–H and O–H groups in total. The number of Topliss-reactive ketones (excluding diaryl/α,β-unsaturated/α-hetero) is 1. The van der Waals surface area contributed by atoms with Gasteiger partial charge in [-0.3, -0.25) is 9.59 Å². The molecule has 2 aromatic rings. The van der Waals surface area contributed by atoms with Crippen LogP contribution in [0.1, 0.15) is 53.0 Å². The molecule has 0 spiro atoms. The van der Waals surface area contributed by atoms with Gasteiger partial charge in [0.25, 0.3) is 0 Å². The third-order valence-corrected chi connectivity index (χ3v) is 7.61. The standard InChI is InChI=1S/C26H28ClNO4S/c1-5-31-26(30)23-15(3)28-19-7-6-8-20(29)24(19)25(23)22-12-17(16(4)33-22)13-32-21-10-9-18(27)11-14(21)2/h9-12,23,25,28H,3,5-8,13H2,1-2,4H3. The topological polar surface area (TPSA) is 64.6 Å². The van der Waals surface area contributed by atoms with E-state index in [0.29, 0.717) is 29.3 Å². The fourth-order valence-electron chi connectivity index (χ4n) is 4.58. The van der Waals surface area contributed by atoms with Crippen LogP contribution in [0.4, 0.5) is 0 Å². The quantitative estimate of drug-likeness (QED) is 0.509. The Labute approximate surface area is 203 Å². The third-order valence-electron chi connectivity index (χ3n) is 6.19. The fraction of sp³-hybridized carbons (Fsp3) is 0.385. The molecule has 1 aliphatic carbocycles. The zero-order valence-electron chi connectivity index (χ0n) is 19.1. The summed E-state index contributed by atoms with van der Waals surface area (Å²) in [7, 11) is 0. The lowest BCUT2D eigenvalue weighted by atomic mass is 9.74. The van der Waals surface area contributed by atoms with Gasteiger partial charge in [-0.05, 0) is 63.4 Å². The molecule has 4 rings (SSSR count). The molecular formula is C26H28ClNO4S. The van der Waals surface area contributed by atoms with E-state index < -0.39 is 11.8 Å². The Bertz CT molecular complexity index is 1150. The van der Waals surface area contributed by atoms with Crippen LogP contribution < -0.4 is 10.1 Å². The van der Waals surface area contributed by atoms with E-state index in [1.165, 1.54) is 0 Å². The summed E-state index contributed by atoms with van der Waals surface area (Å²) in [5.41, 5.74) is 4.18. The molecule has 0 saturated heterocycles. The van der Waals surface area contributed by atoms with Crippen LogP contribution in [-0.4, -0.2) is 18.4 Å². The summed E-state index contributed by atoms with van der Waals surface area (Å²) < 4.78 is 11.4. The Morgan fingerprint density at radius 2 is 2.06 bits per heavy atom. The summed E-state index contributed by atoms with van der Waals surface area (Å²) >= 11 is 7.65. The Hall–Kier alpha value is -2.57. The van der Waals surface area contributed by atoms with Crippen molar-refractivity contribution in [3.05, 3.63) is 73.7 Å². The average Bonchev–Trinajstić information content (AvgIpc) is 3.12. The number of hydrogen-bond acceptors (Lipinski definition) is 6. The van der Waals surface area contributed by atoms with Gasteiger partial charge in [0.2, 0.25) is 0 Å². The first kappa shape index (κ1) is 23.6.